The smallest absolute Gasteiger partial charge is 0.123 e. The maximum atomic E-state index is 13.1. The van der Waals surface area contributed by atoms with E-state index in [1.54, 1.807) is 19.2 Å². The third-order valence-electron chi connectivity index (χ3n) is 3.22. The SMILES string of the molecule is COCC(C)C(CN)N(C)Cc1cccc(F)c1. The highest BCUT2D eigenvalue weighted by atomic mass is 19.1. The van der Waals surface area contributed by atoms with Gasteiger partial charge in [0.1, 0.15) is 5.82 Å². The van der Waals surface area contributed by atoms with Crippen LogP contribution in [0.15, 0.2) is 24.3 Å². The first kappa shape index (κ1) is 15.1. The second-order valence-corrected chi connectivity index (χ2v) is 4.78. The number of likely N-dealkylation sites (N-methyl/N-ethyl adjacent to an activating group) is 1. The van der Waals surface area contributed by atoms with E-state index in [4.69, 9.17) is 10.5 Å². The lowest BCUT2D eigenvalue weighted by atomic mass is 10.0. The van der Waals surface area contributed by atoms with Crippen molar-refractivity contribution in [3.8, 4) is 0 Å². The monoisotopic (exact) mass is 254 g/mol. The summed E-state index contributed by atoms with van der Waals surface area (Å²) < 4.78 is 18.3. The average molecular weight is 254 g/mol. The first-order chi connectivity index (χ1) is 8.58. The summed E-state index contributed by atoms with van der Waals surface area (Å²) in [5.41, 5.74) is 6.78. The number of halogens is 1. The molecule has 0 aliphatic carbocycles. The zero-order valence-corrected chi connectivity index (χ0v) is 11.4. The van der Waals surface area contributed by atoms with Crippen molar-refractivity contribution < 1.29 is 9.13 Å². The summed E-state index contributed by atoms with van der Waals surface area (Å²) in [6.45, 7) is 4.04. The zero-order valence-electron chi connectivity index (χ0n) is 11.4. The quantitative estimate of drug-likeness (QED) is 0.807. The van der Waals surface area contributed by atoms with E-state index >= 15 is 0 Å². The minimum atomic E-state index is -0.199. The molecule has 0 heterocycles. The molecule has 0 aliphatic heterocycles. The van der Waals surface area contributed by atoms with Crippen LogP contribution in [0.4, 0.5) is 4.39 Å². The minimum Gasteiger partial charge on any atom is -0.384 e. The molecule has 1 aromatic carbocycles. The summed E-state index contributed by atoms with van der Waals surface area (Å²) in [7, 11) is 3.70. The van der Waals surface area contributed by atoms with Crippen molar-refractivity contribution in [1.29, 1.82) is 0 Å². The molecule has 0 bridgehead atoms. The maximum Gasteiger partial charge on any atom is 0.123 e. The summed E-state index contributed by atoms with van der Waals surface area (Å²) in [5.74, 6) is 0.147. The Morgan fingerprint density at radius 3 is 2.72 bits per heavy atom. The molecule has 0 fully saturated rings. The standard InChI is InChI=1S/C14H23FN2O/c1-11(10-18-3)14(8-16)17(2)9-12-5-4-6-13(15)7-12/h4-7,11,14H,8-10,16H2,1-3H3. The average Bonchev–Trinajstić information content (AvgIpc) is 2.30. The molecule has 1 aromatic rings. The molecule has 0 aromatic heterocycles. The summed E-state index contributed by atoms with van der Waals surface area (Å²) in [6, 6.07) is 6.90. The van der Waals surface area contributed by atoms with Crippen molar-refractivity contribution in [2.24, 2.45) is 11.7 Å². The highest BCUT2D eigenvalue weighted by Gasteiger charge is 2.20. The van der Waals surface area contributed by atoms with Crippen LogP contribution in [0.2, 0.25) is 0 Å². The number of ether oxygens (including phenoxy) is 1. The number of hydrogen-bond acceptors (Lipinski definition) is 3. The molecule has 0 amide bonds. The molecule has 3 nitrogen and oxygen atoms in total. The number of nitrogens with zero attached hydrogens (tertiary/aromatic N) is 1. The predicted octanol–water partition coefficient (Wildman–Crippen LogP) is 1.87. The van der Waals surface area contributed by atoms with Gasteiger partial charge in [0.15, 0.2) is 0 Å². The molecule has 1 rings (SSSR count). The first-order valence-corrected chi connectivity index (χ1v) is 6.22. The molecular formula is C14H23FN2O. The van der Waals surface area contributed by atoms with Gasteiger partial charge >= 0.3 is 0 Å². The van der Waals surface area contributed by atoms with Crippen LogP contribution in [0.3, 0.4) is 0 Å². The number of nitrogens with two attached hydrogens (primary N) is 1. The van der Waals surface area contributed by atoms with Gasteiger partial charge in [-0.3, -0.25) is 4.90 Å². The van der Waals surface area contributed by atoms with E-state index < -0.39 is 0 Å². The Bertz CT molecular complexity index is 359. The van der Waals surface area contributed by atoms with E-state index in [2.05, 4.69) is 11.8 Å². The number of hydrogen-bond donors (Lipinski definition) is 1. The normalized spacial score (nSPS) is 14.8. The molecular weight excluding hydrogens is 231 g/mol. The van der Waals surface area contributed by atoms with Gasteiger partial charge in [0.2, 0.25) is 0 Å². The highest BCUT2D eigenvalue weighted by Crippen LogP contribution is 2.13. The lowest BCUT2D eigenvalue weighted by molar-refractivity contribution is 0.0952. The maximum absolute atomic E-state index is 13.1. The molecule has 102 valence electrons. The fraction of sp³-hybridized carbons (Fsp3) is 0.571. The molecule has 0 aliphatic rings. The fourth-order valence-electron chi connectivity index (χ4n) is 2.26. The van der Waals surface area contributed by atoms with E-state index in [0.717, 1.165) is 5.56 Å². The number of methoxy groups -OCH3 is 1. The van der Waals surface area contributed by atoms with E-state index in [9.17, 15) is 4.39 Å². The van der Waals surface area contributed by atoms with E-state index in [1.807, 2.05) is 13.1 Å². The van der Waals surface area contributed by atoms with Crippen molar-refractivity contribution in [3.63, 3.8) is 0 Å². The van der Waals surface area contributed by atoms with Crippen molar-refractivity contribution in [1.82, 2.24) is 4.90 Å². The lowest BCUT2D eigenvalue weighted by Crippen LogP contribution is -2.43. The minimum absolute atomic E-state index is 0.199. The molecule has 2 atom stereocenters. The molecule has 0 saturated carbocycles. The van der Waals surface area contributed by atoms with Gasteiger partial charge in [-0.15, -0.1) is 0 Å². The highest BCUT2D eigenvalue weighted by molar-refractivity contribution is 5.16. The van der Waals surface area contributed by atoms with Crippen LogP contribution < -0.4 is 5.73 Å². The molecule has 2 unspecified atom stereocenters. The van der Waals surface area contributed by atoms with Crippen molar-refractivity contribution in [2.75, 3.05) is 27.3 Å². The van der Waals surface area contributed by atoms with Crippen molar-refractivity contribution >= 4 is 0 Å². The Hall–Kier alpha value is -0.970. The van der Waals surface area contributed by atoms with Crippen LogP contribution in [-0.2, 0) is 11.3 Å². The van der Waals surface area contributed by atoms with Gasteiger partial charge in [-0.05, 0) is 30.7 Å². The van der Waals surface area contributed by atoms with Crippen LogP contribution in [0.5, 0.6) is 0 Å². The summed E-state index contributed by atoms with van der Waals surface area (Å²) >= 11 is 0. The van der Waals surface area contributed by atoms with Gasteiger partial charge in [0.05, 0.1) is 6.61 Å². The van der Waals surface area contributed by atoms with Crippen LogP contribution in [0, 0.1) is 11.7 Å². The summed E-state index contributed by atoms with van der Waals surface area (Å²) in [5, 5.41) is 0. The Kier molecular flexibility index (Phi) is 6.25. The van der Waals surface area contributed by atoms with Gasteiger partial charge in [-0.1, -0.05) is 19.1 Å². The Morgan fingerprint density at radius 2 is 2.17 bits per heavy atom. The molecule has 0 saturated heterocycles. The van der Waals surface area contributed by atoms with Crippen molar-refractivity contribution in [3.05, 3.63) is 35.6 Å². The van der Waals surface area contributed by atoms with Crippen LogP contribution in [-0.4, -0.2) is 38.3 Å². The molecule has 2 N–H and O–H groups in total. The fourth-order valence-corrected chi connectivity index (χ4v) is 2.26. The lowest BCUT2D eigenvalue weighted by Gasteiger charge is -2.31. The Labute approximate surface area is 109 Å². The summed E-state index contributed by atoms with van der Waals surface area (Å²) in [6.07, 6.45) is 0. The largest absolute Gasteiger partial charge is 0.384 e. The topological polar surface area (TPSA) is 38.5 Å². The van der Waals surface area contributed by atoms with Crippen LogP contribution in [0.1, 0.15) is 12.5 Å². The molecule has 4 heteroatoms. The second-order valence-electron chi connectivity index (χ2n) is 4.78. The first-order valence-electron chi connectivity index (χ1n) is 6.22. The number of rotatable bonds is 7. The van der Waals surface area contributed by atoms with E-state index in [1.165, 1.54) is 6.07 Å². The third kappa shape index (κ3) is 4.37. The molecule has 0 radical (unpaired) electrons. The summed E-state index contributed by atoms with van der Waals surface area (Å²) in [4.78, 5) is 2.15. The van der Waals surface area contributed by atoms with E-state index in [0.29, 0.717) is 25.6 Å². The Morgan fingerprint density at radius 1 is 1.44 bits per heavy atom. The number of benzene rings is 1. The van der Waals surface area contributed by atoms with Crippen molar-refractivity contribution in [2.45, 2.75) is 19.5 Å². The van der Waals surface area contributed by atoms with Crippen LogP contribution >= 0.6 is 0 Å². The predicted molar refractivity (Wildman–Crippen MR) is 71.7 cm³/mol. The third-order valence-corrected chi connectivity index (χ3v) is 3.22. The Balaban J connectivity index is 2.64. The van der Waals surface area contributed by atoms with E-state index in [-0.39, 0.29) is 11.9 Å². The van der Waals surface area contributed by atoms with Gasteiger partial charge in [0, 0.05) is 26.2 Å². The van der Waals surface area contributed by atoms with Gasteiger partial charge in [0.25, 0.3) is 0 Å². The van der Waals surface area contributed by atoms with Crippen LogP contribution in [0.25, 0.3) is 0 Å². The van der Waals surface area contributed by atoms with Gasteiger partial charge in [-0.25, -0.2) is 4.39 Å². The zero-order chi connectivity index (χ0) is 13.5. The molecule has 0 spiro atoms. The van der Waals surface area contributed by atoms with Gasteiger partial charge < -0.3 is 10.5 Å². The molecule has 18 heavy (non-hydrogen) atoms. The second kappa shape index (κ2) is 7.46. The van der Waals surface area contributed by atoms with Gasteiger partial charge in [-0.2, -0.15) is 0 Å².